The van der Waals surface area contributed by atoms with Gasteiger partial charge in [0.15, 0.2) is 0 Å². The molecule has 4 nitrogen and oxygen atoms in total. The Balaban J connectivity index is 1.46. The van der Waals surface area contributed by atoms with E-state index in [2.05, 4.69) is 5.32 Å². The van der Waals surface area contributed by atoms with E-state index in [-0.39, 0.29) is 11.8 Å². The molecule has 0 atom stereocenters. The molecule has 4 rings (SSSR count). The number of nitrogens with one attached hydrogen (secondary N) is 1. The van der Waals surface area contributed by atoms with Crippen molar-refractivity contribution in [1.29, 1.82) is 0 Å². The molecule has 2 amide bonds. The molecule has 1 aliphatic heterocycles. The molecular formula is C25H29ClN2O2. The minimum Gasteiger partial charge on any atom is -0.351 e. The van der Waals surface area contributed by atoms with Crippen LogP contribution in [0.3, 0.4) is 0 Å². The molecule has 1 N–H and O–H groups in total. The van der Waals surface area contributed by atoms with Gasteiger partial charge in [0, 0.05) is 30.2 Å². The van der Waals surface area contributed by atoms with Crippen LogP contribution in [0, 0.1) is 0 Å². The van der Waals surface area contributed by atoms with Crippen molar-refractivity contribution in [1.82, 2.24) is 10.2 Å². The minimum absolute atomic E-state index is 0.0510. The quantitative estimate of drug-likeness (QED) is 0.726. The molecule has 1 saturated heterocycles. The number of carbonyl (C=O) groups is 2. The number of likely N-dealkylation sites (tertiary alicyclic amines) is 1. The summed E-state index contributed by atoms with van der Waals surface area (Å²) in [6.07, 6.45) is 7.11. The lowest BCUT2D eigenvalue weighted by molar-refractivity contribution is -0.126. The topological polar surface area (TPSA) is 49.4 Å². The normalized spacial score (nSPS) is 18.2. The van der Waals surface area contributed by atoms with E-state index in [1.165, 1.54) is 6.42 Å². The predicted molar refractivity (Wildman–Crippen MR) is 120 cm³/mol. The van der Waals surface area contributed by atoms with Crippen molar-refractivity contribution in [2.24, 2.45) is 0 Å². The fourth-order valence-corrected chi connectivity index (χ4v) is 5.05. The summed E-state index contributed by atoms with van der Waals surface area (Å²) < 4.78 is 0. The van der Waals surface area contributed by atoms with Crippen LogP contribution >= 0.6 is 11.6 Å². The van der Waals surface area contributed by atoms with E-state index >= 15 is 0 Å². The number of benzene rings is 2. The number of halogens is 1. The van der Waals surface area contributed by atoms with Gasteiger partial charge in [-0.15, -0.1) is 0 Å². The lowest BCUT2D eigenvalue weighted by Gasteiger charge is -2.29. The van der Waals surface area contributed by atoms with Crippen LogP contribution in [0.2, 0.25) is 5.02 Å². The fraction of sp³-hybridized carbons (Fsp3) is 0.440. The van der Waals surface area contributed by atoms with E-state index in [1.54, 1.807) is 0 Å². The number of carbonyl (C=O) groups excluding carboxylic acids is 2. The van der Waals surface area contributed by atoms with Gasteiger partial charge in [-0.3, -0.25) is 9.59 Å². The number of rotatable bonds is 5. The van der Waals surface area contributed by atoms with Gasteiger partial charge in [0.25, 0.3) is 5.91 Å². The highest BCUT2D eigenvalue weighted by Gasteiger charge is 2.42. The van der Waals surface area contributed by atoms with Gasteiger partial charge in [0.05, 0.1) is 5.41 Å². The van der Waals surface area contributed by atoms with Crippen molar-refractivity contribution in [2.75, 3.05) is 13.1 Å². The fourth-order valence-electron chi connectivity index (χ4n) is 4.86. The van der Waals surface area contributed by atoms with Crippen molar-refractivity contribution in [3.8, 4) is 0 Å². The molecular weight excluding hydrogens is 396 g/mol. The first-order valence-electron chi connectivity index (χ1n) is 11.0. The third-order valence-corrected chi connectivity index (χ3v) is 6.77. The van der Waals surface area contributed by atoms with Gasteiger partial charge in [-0.05, 0) is 67.5 Å². The molecule has 0 aromatic heterocycles. The average Bonchev–Trinajstić information content (AvgIpc) is 3.29. The van der Waals surface area contributed by atoms with Gasteiger partial charge in [-0.2, -0.15) is 0 Å². The maximum Gasteiger partial charge on any atom is 0.253 e. The molecule has 2 aromatic carbocycles. The lowest BCUT2D eigenvalue weighted by atomic mass is 9.78. The highest BCUT2D eigenvalue weighted by atomic mass is 35.5. The van der Waals surface area contributed by atoms with Gasteiger partial charge in [-0.25, -0.2) is 0 Å². The second-order valence-corrected chi connectivity index (χ2v) is 8.97. The molecule has 30 heavy (non-hydrogen) atoms. The number of hydrogen-bond acceptors (Lipinski definition) is 2. The smallest absolute Gasteiger partial charge is 0.253 e. The van der Waals surface area contributed by atoms with Gasteiger partial charge in [-0.1, -0.05) is 48.7 Å². The zero-order chi connectivity index (χ0) is 21.0. The average molecular weight is 425 g/mol. The molecule has 0 radical (unpaired) electrons. The minimum atomic E-state index is -0.508. The first-order valence-corrected chi connectivity index (χ1v) is 11.4. The summed E-state index contributed by atoms with van der Waals surface area (Å²) in [6.45, 7) is 2.09. The Hall–Kier alpha value is -2.33. The summed E-state index contributed by atoms with van der Waals surface area (Å²) in [7, 11) is 0. The summed E-state index contributed by atoms with van der Waals surface area (Å²) in [6, 6.07) is 15.3. The van der Waals surface area contributed by atoms with Crippen LogP contribution in [0.1, 0.15) is 66.4 Å². The summed E-state index contributed by atoms with van der Waals surface area (Å²) in [4.78, 5) is 28.0. The van der Waals surface area contributed by atoms with Crippen LogP contribution < -0.4 is 5.32 Å². The highest BCUT2D eigenvalue weighted by Crippen LogP contribution is 2.42. The molecule has 0 unspecified atom stereocenters. The Bertz CT molecular complexity index is 915. The van der Waals surface area contributed by atoms with E-state index in [9.17, 15) is 9.59 Å². The second-order valence-electron chi connectivity index (χ2n) is 8.54. The largest absolute Gasteiger partial charge is 0.351 e. The van der Waals surface area contributed by atoms with Gasteiger partial charge < -0.3 is 10.2 Å². The van der Waals surface area contributed by atoms with Crippen molar-refractivity contribution >= 4 is 23.4 Å². The summed E-state index contributed by atoms with van der Waals surface area (Å²) in [5, 5.41) is 3.80. The molecule has 2 aliphatic rings. The Morgan fingerprint density at radius 3 is 2.40 bits per heavy atom. The summed E-state index contributed by atoms with van der Waals surface area (Å²) >= 11 is 6.21. The molecule has 2 aromatic rings. The number of hydrogen-bond donors (Lipinski definition) is 1. The predicted octanol–water partition coefficient (Wildman–Crippen LogP) is 5.09. The molecule has 158 valence electrons. The van der Waals surface area contributed by atoms with Gasteiger partial charge in [0.2, 0.25) is 5.91 Å². The molecule has 2 fully saturated rings. The standard InChI is InChI=1S/C25H29ClN2O2/c26-22-11-7-10-21(17-22)25(12-2-3-13-25)24(30)27-18-19-8-6-9-20(16-19)23(29)28-14-4-1-5-15-28/h6-11,16-17H,1-5,12-15,18H2,(H,27,30). The number of amides is 2. The molecule has 1 heterocycles. The summed E-state index contributed by atoms with van der Waals surface area (Å²) in [5.74, 6) is 0.143. The van der Waals surface area contributed by atoms with Crippen molar-refractivity contribution in [2.45, 2.75) is 56.9 Å². The van der Waals surface area contributed by atoms with Crippen molar-refractivity contribution in [3.05, 3.63) is 70.2 Å². The molecule has 1 aliphatic carbocycles. The van der Waals surface area contributed by atoms with Gasteiger partial charge >= 0.3 is 0 Å². The Labute approximate surface area is 183 Å². The SMILES string of the molecule is O=C(c1cccc(CNC(=O)C2(c3cccc(Cl)c3)CCCC2)c1)N1CCCCC1. The zero-order valence-corrected chi connectivity index (χ0v) is 18.1. The van der Waals surface area contributed by atoms with E-state index < -0.39 is 5.41 Å². The highest BCUT2D eigenvalue weighted by molar-refractivity contribution is 6.30. The van der Waals surface area contributed by atoms with E-state index in [0.717, 1.165) is 62.7 Å². The van der Waals surface area contributed by atoms with Crippen LogP contribution in [-0.2, 0) is 16.8 Å². The first-order chi connectivity index (χ1) is 14.6. The molecule has 0 spiro atoms. The lowest BCUT2D eigenvalue weighted by Crippen LogP contribution is -2.42. The van der Waals surface area contributed by atoms with E-state index in [0.29, 0.717) is 17.1 Å². The second kappa shape index (κ2) is 9.22. The monoisotopic (exact) mass is 424 g/mol. The Morgan fingerprint density at radius 1 is 0.933 bits per heavy atom. The van der Waals surface area contributed by atoms with E-state index in [1.807, 2.05) is 53.4 Å². The molecule has 5 heteroatoms. The summed E-state index contributed by atoms with van der Waals surface area (Å²) in [5.41, 5.74) is 2.14. The third-order valence-electron chi connectivity index (χ3n) is 6.54. The number of nitrogens with zero attached hydrogens (tertiary/aromatic N) is 1. The van der Waals surface area contributed by atoms with Crippen molar-refractivity contribution in [3.63, 3.8) is 0 Å². The van der Waals surface area contributed by atoms with E-state index in [4.69, 9.17) is 11.6 Å². The third kappa shape index (κ3) is 4.39. The molecule has 0 bridgehead atoms. The molecule has 1 saturated carbocycles. The maximum atomic E-state index is 13.3. The Kier molecular flexibility index (Phi) is 6.43. The van der Waals surface area contributed by atoms with Crippen molar-refractivity contribution < 1.29 is 9.59 Å². The number of piperidine rings is 1. The zero-order valence-electron chi connectivity index (χ0n) is 17.3. The maximum absolute atomic E-state index is 13.3. The first kappa shape index (κ1) is 20.9. The van der Waals surface area contributed by atoms with Gasteiger partial charge in [0.1, 0.15) is 0 Å². The Morgan fingerprint density at radius 2 is 1.67 bits per heavy atom. The van der Waals surface area contributed by atoms with Crippen LogP contribution in [0.25, 0.3) is 0 Å². The van der Waals surface area contributed by atoms with Crippen LogP contribution in [0.5, 0.6) is 0 Å². The van der Waals surface area contributed by atoms with Crippen LogP contribution in [0.15, 0.2) is 48.5 Å². The van der Waals surface area contributed by atoms with Crippen LogP contribution in [0.4, 0.5) is 0 Å². The van der Waals surface area contributed by atoms with Crippen LogP contribution in [-0.4, -0.2) is 29.8 Å².